The van der Waals surface area contributed by atoms with Crippen LogP contribution in [-0.4, -0.2) is 19.2 Å². The quantitative estimate of drug-likeness (QED) is 0.457. The van der Waals surface area contributed by atoms with Gasteiger partial charge in [-0.3, -0.25) is 4.55 Å². The third-order valence-corrected chi connectivity index (χ3v) is 0. The van der Waals surface area contributed by atoms with Gasteiger partial charge in [-0.05, 0) is 0 Å². The van der Waals surface area contributed by atoms with Crippen LogP contribution in [0.15, 0.2) is 0 Å². The molecule has 1 N–H and O–H groups in total. The first-order chi connectivity index (χ1) is 2.00. The van der Waals surface area contributed by atoms with Gasteiger partial charge in [0.25, 0.3) is 10.1 Å². The van der Waals surface area contributed by atoms with Crippen molar-refractivity contribution in [3.05, 3.63) is 0 Å². The van der Waals surface area contributed by atoms with E-state index in [0.717, 1.165) is 0 Å². The molecule has 0 saturated carbocycles. The maximum absolute atomic E-state index is 9.19. The number of hydrogen-bond donors (Lipinski definition) is 1. The van der Waals surface area contributed by atoms with Crippen LogP contribution in [-0.2, 0) is 10.1 Å². The fourth-order valence-corrected chi connectivity index (χ4v) is 0. The Bertz CT molecular complexity index is 94.0. The van der Waals surface area contributed by atoms with Crippen LogP contribution in [0, 0.1) is 37.7 Å². The Morgan fingerprint density at radius 3 is 1.50 bits per heavy atom. The van der Waals surface area contributed by atoms with Crippen molar-refractivity contribution in [2.45, 2.75) is 0 Å². The molecule has 0 heterocycles. The second kappa shape index (κ2) is 3.21. The molecule has 0 fully saturated rings. The van der Waals surface area contributed by atoms with Crippen LogP contribution in [0.2, 0.25) is 0 Å². The van der Waals surface area contributed by atoms with E-state index in [0.29, 0.717) is 6.26 Å². The molecule has 0 unspecified atom stereocenters. The molecule has 0 aromatic heterocycles. The van der Waals surface area contributed by atoms with Crippen LogP contribution in [0.25, 0.3) is 0 Å². The van der Waals surface area contributed by atoms with Crippen molar-refractivity contribution < 1.29 is 50.7 Å². The van der Waals surface area contributed by atoms with Crippen molar-refractivity contribution in [1.29, 1.82) is 0 Å². The zero-order valence-corrected chi connectivity index (χ0v) is 4.55. The molecule has 0 atom stereocenters. The smallest absolute Gasteiger partial charge is 0.261 e. The van der Waals surface area contributed by atoms with E-state index in [2.05, 4.69) is 0 Å². The van der Waals surface area contributed by atoms with E-state index in [1.54, 1.807) is 0 Å². The van der Waals surface area contributed by atoms with Gasteiger partial charge in [-0.2, -0.15) is 8.42 Å². The van der Waals surface area contributed by atoms with Gasteiger partial charge >= 0.3 is 0 Å². The standard InChI is InChI=1S/CH4O3S.Ar/c1-5(2,3)4;/h1H3,(H,2,3,4);. The summed E-state index contributed by atoms with van der Waals surface area (Å²) in [6, 6.07) is 0. The predicted octanol–water partition coefficient (Wildman–Crippen LogP) is -0.496. The molecule has 40 valence electrons. The van der Waals surface area contributed by atoms with Crippen LogP contribution in [0.1, 0.15) is 0 Å². The molecule has 0 rings (SSSR count). The summed E-state index contributed by atoms with van der Waals surface area (Å²) >= 11 is 0. The molecule has 0 aromatic carbocycles. The molecular weight excluding hydrogens is 132 g/mol. The van der Waals surface area contributed by atoms with E-state index in [9.17, 15) is 8.42 Å². The molecule has 3 nitrogen and oxygen atoms in total. The predicted molar refractivity (Wildman–Crippen MR) is 17.5 cm³/mol. The number of hydrogen-bond acceptors (Lipinski definition) is 2. The topological polar surface area (TPSA) is 54.4 Å². The molecule has 5 heteroatoms. The molecule has 0 spiro atoms. The molecule has 0 aliphatic carbocycles. The van der Waals surface area contributed by atoms with Crippen LogP contribution in [0.5, 0.6) is 0 Å². The van der Waals surface area contributed by atoms with E-state index >= 15 is 0 Å². The van der Waals surface area contributed by atoms with Crippen LogP contribution < -0.4 is 0 Å². The Morgan fingerprint density at radius 2 is 1.50 bits per heavy atom. The Labute approximate surface area is 66.5 Å². The fourth-order valence-electron chi connectivity index (χ4n) is 0. The second-order valence-corrected chi connectivity index (χ2v) is 2.20. The Morgan fingerprint density at radius 1 is 1.50 bits per heavy atom. The van der Waals surface area contributed by atoms with E-state index in [4.69, 9.17) is 4.55 Å². The minimum absolute atomic E-state index is 0. The first-order valence-electron chi connectivity index (χ1n) is 0.924. The summed E-state index contributed by atoms with van der Waals surface area (Å²) in [5.74, 6) is 0. The average Bonchev–Trinajstić information content (AvgIpc) is 0.722. The SMILES string of the molecule is CS(=O)(=O)O.[Ar]. The minimum Gasteiger partial charge on any atom is -0.286 e. The molecular formula is CH4ArO3S. The van der Waals surface area contributed by atoms with Gasteiger partial charge in [0.1, 0.15) is 0 Å². The molecule has 0 radical (unpaired) electrons. The Balaban J connectivity index is 0. The molecule has 6 heavy (non-hydrogen) atoms. The Kier molecular flexibility index (Phi) is 5.46. The third kappa shape index (κ3) is 65.7. The first kappa shape index (κ1) is 10.2. The van der Waals surface area contributed by atoms with Crippen molar-refractivity contribution >= 4 is 10.1 Å². The largest absolute Gasteiger partial charge is 0.286 e. The van der Waals surface area contributed by atoms with Crippen LogP contribution in [0.4, 0.5) is 0 Å². The van der Waals surface area contributed by atoms with Gasteiger partial charge in [0.2, 0.25) is 0 Å². The summed E-state index contributed by atoms with van der Waals surface area (Å²) in [5.41, 5.74) is 0. The van der Waals surface area contributed by atoms with Crippen molar-refractivity contribution in [2.24, 2.45) is 0 Å². The number of rotatable bonds is 0. The maximum Gasteiger partial charge on any atom is 0.261 e. The van der Waals surface area contributed by atoms with Gasteiger partial charge in [-0.15, -0.1) is 0 Å². The normalized spacial score (nSPS) is 9.67. The fraction of sp³-hybridized carbons (Fsp3) is 1.00. The van der Waals surface area contributed by atoms with Gasteiger partial charge in [0, 0.05) is 37.7 Å². The molecule has 0 amide bonds. The van der Waals surface area contributed by atoms with Crippen LogP contribution in [0.3, 0.4) is 0 Å². The summed E-state index contributed by atoms with van der Waals surface area (Å²) in [5, 5.41) is 0. The van der Waals surface area contributed by atoms with Crippen molar-refractivity contribution in [3.63, 3.8) is 0 Å². The molecule has 0 aromatic rings. The molecule has 0 aliphatic rings. The van der Waals surface area contributed by atoms with Crippen molar-refractivity contribution in [3.8, 4) is 0 Å². The zero-order valence-electron chi connectivity index (χ0n) is 3.03. The molecule has 0 bridgehead atoms. The second-order valence-electron chi connectivity index (χ2n) is 0.733. The maximum atomic E-state index is 9.19. The zero-order chi connectivity index (χ0) is 4.50. The average molecular weight is 136 g/mol. The molecule has 0 saturated heterocycles. The minimum atomic E-state index is -3.67. The summed E-state index contributed by atoms with van der Waals surface area (Å²) in [6.07, 6.45) is 0.715. The summed E-state index contributed by atoms with van der Waals surface area (Å²) in [6.45, 7) is 0. The summed E-state index contributed by atoms with van der Waals surface area (Å²) in [4.78, 5) is 0. The first-order valence-corrected chi connectivity index (χ1v) is 2.77. The van der Waals surface area contributed by atoms with Crippen molar-refractivity contribution in [2.75, 3.05) is 6.26 Å². The van der Waals surface area contributed by atoms with Gasteiger partial charge in [0.05, 0.1) is 6.26 Å². The van der Waals surface area contributed by atoms with Gasteiger partial charge in [-0.1, -0.05) is 0 Å². The molecule has 0 aliphatic heterocycles. The summed E-state index contributed by atoms with van der Waals surface area (Å²) in [7, 11) is -3.67. The monoisotopic (exact) mass is 136 g/mol. The van der Waals surface area contributed by atoms with Gasteiger partial charge < -0.3 is 0 Å². The van der Waals surface area contributed by atoms with Gasteiger partial charge in [-0.25, -0.2) is 0 Å². The van der Waals surface area contributed by atoms with Crippen LogP contribution >= 0.6 is 0 Å². The summed E-state index contributed by atoms with van der Waals surface area (Å²) < 4.78 is 25.9. The van der Waals surface area contributed by atoms with E-state index < -0.39 is 10.1 Å². The van der Waals surface area contributed by atoms with E-state index in [-0.39, 0.29) is 37.7 Å². The third-order valence-electron chi connectivity index (χ3n) is 0. The van der Waals surface area contributed by atoms with E-state index in [1.165, 1.54) is 0 Å². The Hall–Kier alpha value is 1.17. The van der Waals surface area contributed by atoms with E-state index in [1.807, 2.05) is 0 Å². The van der Waals surface area contributed by atoms with Crippen molar-refractivity contribution in [1.82, 2.24) is 0 Å². The van der Waals surface area contributed by atoms with Gasteiger partial charge in [0.15, 0.2) is 0 Å².